The van der Waals surface area contributed by atoms with Gasteiger partial charge in [-0.05, 0) is 30.5 Å². The summed E-state index contributed by atoms with van der Waals surface area (Å²) in [4.78, 5) is -0.327. The van der Waals surface area contributed by atoms with Crippen LogP contribution in [0.4, 0.5) is 4.39 Å². The van der Waals surface area contributed by atoms with Crippen LogP contribution in [0, 0.1) is 5.82 Å². The lowest BCUT2D eigenvalue weighted by atomic mass is 10.2. The lowest BCUT2D eigenvalue weighted by Gasteiger charge is -2.21. The largest absolute Gasteiger partial charge is 0.392 e. The summed E-state index contributed by atoms with van der Waals surface area (Å²) < 4.78 is 39.9. The van der Waals surface area contributed by atoms with Crippen LogP contribution in [0.25, 0.3) is 0 Å². The van der Waals surface area contributed by atoms with Crippen LogP contribution in [0.2, 0.25) is 0 Å². The van der Waals surface area contributed by atoms with E-state index in [2.05, 4.69) is 0 Å². The predicted molar refractivity (Wildman–Crippen MR) is 71.7 cm³/mol. The first-order valence-electron chi connectivity index (χ1n) is 6.36. The minimum absolute atomic E-state index is 0.315. The van der Waals surface area contributed by atoms with Crippen molar-refractivity contribution in [2.75, 3.05) is 13.1 Å². The fourth-order valence-electron chi connectivity index (χ4n) is 1.84. The molecule has 0 aliphatic heterocycles. The Morgan fingerprint density at radius 3 is 2.21 bits per heavy atom. The molecule has 0 bridgehead atoms. The van der Waals surface area contributed by atoms with Gasteiger partial charge in [-0.2, -0.15) is 4.31 Å². The molecule has 0 aliphatic rings. The van der Waals surface area contributed by atoms with Crippen LogP contribution in [0.3, 0.4) is 0 Å². The molecular weight excluding hydrogens is 269 g/mol. The normalized spacial score (nSPS) is 12.1. The molecule has 0 heterocycles. The number of aliphatic hydroxyl groups is 1. The molecule has 0 saturated carbocycles. The number of rotatable bonds is 7. The molecule has 6 heteroatoms. The van der Waals surface area contributed by atoms with Gasteiger partial charge in [-0.25, -0.2) is 12.8 Å². The molecule has 1 aromatic rings. The van der Waals surface area contributed by atoms with Crippen molar-refractivity contribution in [3.8, 4) is 0 Å². The highest BCUT2D eigenvalue weighted by Gasteiger charge is 2.26. The maximum Gasteiger partial charge on any atom is 0.245 e. The molecule has 0 amide bonds. The molecule has 0 unspecified atom stereocenters. The molecule has 0 aromatic heterocycles. The van der Waals surface area contributed by atoms with E-state index in [9.17, 15) is 12.8 Å². The van der Waals surface area contributed by atoms with Crippen molar-refractivity contribution in [3.05, 3.63) is 29.6 Å². The smallest absolute Gasteiger partial charge is 0.245 e. The average molecular weight is 289 g/mol. The Morgan fingerprint density at radius 1 is 1.21 bits per heavy atom. The zero-order chi connectivity index (χ0) is 14.5. The van der Waals surface area contributed by atoms with Gasteiger partial charge in [0.2, 0.25) is 10.0 Å². The number of nitrogens with zero attached hydrogens (tertiary/aromatic N) is 1. The molecule has 0 spiro atoms. The number of sulfonamides is 1. The Hall–Kier alpha value is -0.980. The maximum atomic E-state index is 13.9. The number of halogens is 1. The third-order valence-corrected chi connectivity index (χ3v) is 4.67. The fourth-order valence-corrected chi connectivity index (χ4v) is 3.51. The second-order valence-electron chi connectivity index (χ2n) is 4.33. The van der Waals surface area contributed by atoms with Crippen LogP contribution >= 0.6 is 0 Å². The zero-order valence-corrected chi connectivity index (χ0v) is 12.1. The predicted octanol–water partition coefficient (Wildman–Crippen LogP) is 2.13. The van der Waals surface area contributed by atoms with Gasteiger partial charge in [-0.15, -0.1) is 0 Å². The van der Waals surface area contributed by atoms with Crippen LogP contribution in [-0.2, 0) is 16.6 Å². The second-order valence-corrected chi connectivity index (χ2v) is 6.23. The van der Waals surface area contributed by atoms with Crippen molar-refractivity contribution in [1.82, 2.24) is 4.31 Å². The first-order chi connectivity index (χ1) is 8.97. The van der Waals surface area contributed by atoms with E-state index in [0.717, 1.165) is 6.07 Å². The highest BCUT2D eigenvalue weighted by atomic mass is 32.2. The highest BCUT2D eigenvalue weighted by molar-refractivity contribution is 7.89. The maximum absolute atomic E-state index is 13.9. The van der Waals surface area contributed by atoms with E-state index in [4.69, 9.17) is 5.11 Å². The zero-order valence-electron chi connectivity index (χ0n) is 11.3. The standard InChI is InChI=1S/C13H20FNO3S/c1-3-7-15(8-4-2)19(17,18)13-6-5-11(10-16)9-12(13)14/h5-6,9,16H,3-4,7-8,10H2,1-2H3. The quantitative estimate of drug-likeness (QED) is 0.836. The summed E-state index contributed by atoms with van der Waals surface area (Å²) in [5, 5.41) is 8.91. The van der Waals surface area contributed by atoms with Crippen molar-refractivity contribution >= 4 is 10.0 Å². The van der Waals surface area contributed by atoms with Gasteiger partial charge in [-0.3, -0.25) is 0 Å². The van der Waals surface area contributed by atoms with E-state index in [1.54, 1.807) is 0 Å². The van der Waals surface area contributed by atoms with E-state index < -0.39 is 15.8 Å². The Balaban J connectivity index is 3.17. The van der Waals surface area contributed by atoms with Gasteiger partial charge in [0.25, 0.3) is 0 Å². The second kappa shape index (κ2) is 6.98. The van der Waals surface area contributed by atoms with E-state index in [-0.39, 0.29) is 11.5 Å². The topological polar surface area (TPSA) is 57.6 Å². The number of aliphatic hydroxyl groups excluding tert-OH is 1. The van der Waals surface area contributed by atoms with Crippen molar-refractivity contribution in [3.63, 3.8) is 0 Å². The Morgan fingerprint density at radius 2 is 1.79 bits per heavy atom. The molecular formula is C13H20FNO3S. The van der Waals surface area contributed by atoms with Gasteiger partial charge in [-0.1, -0.05) is 19.9 Å². The van der Waals surface area contributed by atoms with Gasteiger partial charge >= 0.3 is 0 Å². The summed E-state index contributed by atoms with van der Waals surface area (Å²) in [5.41, 5.74) is 0.356. The summed E-state index contributed by atoms with van der Waals surface area (Å²) in [5.74, 6) is -0.816. The third kappa shape index (κ3) is 3.75. The Labute approximate surface area is 113 Å². The molecule has 1 N–H and O–H groups in total. The summed E-state index contributed by atoms with van der Waals surface area (Å²) in [7, 11) is -3.80. The van der Waals surface area contributed by atoms with E-state index in [1.165, 1.54) is 16.4 Å². The number of hydrogen-bond acceptors (Lipinski definition) is 3. The van der Waals surface area contributed by atoms with Crippen molar-refractivity contribution in [1.29, 1.82) is 0 Å². The molecule has 1 rings (SSSR count). The van der Waals surface area contributed by atoms with E-state index in [0.29, 0.717) is 31.5 Å². The van der Waals surface area contributed by atoms with E-state index in [1.807, 2.05) is 13.8 Å². The molecule has 0 fully saturated rings. The van der Waals surface area contributed by atoms with Crippen molar-refractivity contribution in [2.45, 2.75) is 38.2 Å². The van der Waals surface area contributed by atoms with Crippen LogP contribution < -0.4 is 0 Å². The Kier molecular flexibility index (Phi) is 5.90. The number of hydrogen-bond donors (Lipinski definition) is 1. The average Bonchev–Trinajstić information content (AvgIpc) is 2.38. The van der Waals surface area contributed by atoms with Crippen molar-refractivity contribution in [2.24, 2.45) is 0 Å². The van der Waals surface area contributed by atoms with Crippen molar-refractivity contribution < 1.29 is 17.9 Å². The lowest BCUT2D eigenvalue weighted by molar-refractivity contribution is 0.281. The molecule has 0 aliphatic carbocycles. The van der Waals surface area contributed by atoms with Gasteiger partial charge < -0.3 is 5.11 Å². The monoisotopic (exact) mass is 289 g/mol. The molecule has 19 heavy (non-hydrogen) atoms. The van der Waals surface area contributed by atoms with Gasteiger partial charge in [0.05, 0.1) is 6.61 Å². The SMILES string of the molecule is CCCN(CCC)S(=O)(=O)c1ccc(CO)cc1F. The first-order valence-corrected chi connectivity index (χ1v) is 7.80. The minimum atomic E-state index is -3.80. The van der Waals surface area contributed by atoms with Crippen LogP contribution in [0.5, 0.6) is 0 Å². The van der Waals surface area contributed by atoms with E-state index >= 15 is 0 Å². The lowest BCUT2D eigenvalue weighted by Crippen LogP contribution is -2.33. The van der Waals surface area contributed by atoms with Crippen LogP contribution in [0.1, 0.15) is 32.3 Å². The molecule has 4 nitrogen and oxygen atoms in total. The van der Waals surface area contributed by atoms with Crippen LogP contribution in [0.15, 0.2) is 23.1 Å². The first kappa shape index (κ1) is 16.1. The summed E-state index contributed by atoms with van der Waals surface area (Å²) in [6, 6.07) is 3.70. The van der Waals surface area contributed by atoms with Gasteiger partial charge in [0.15, 0.2) is 0 Å². The van der Waals surface area contributed by atoms with Gasteiger partial charge in [0.1, 0.15) is 10.7 Å². The summed E-state index contributed by atoms with van der Waals surface area (Å²) >= 11 is 0. The fraction of sp³-hybridized carbons (Fsp3) is 0.538. The van der Waals surface area contributed by atoms with Gasteiger partial charge in [0, 0.05) is 13.1 Å². The van der Waals surface area contributed by atoms with Crippen LogP contribution in [-0.4, -0.2) is 30.9 Å². The highest BCUT2D eigenvalue weighted by Crippen LogP contribution is 2.21. The summed E-state index contributed by atoms with van der Waals surface area (Å²) in [6.07, 6.45) is 1.35. The molecule has 0 saturated heterocycles. The minimum Gasteiger partial charge on any atom is -0.392 e. The molecule has 0 atom stereocenters. The Bertz CT molecular complexity index is 511. The molecule has 0 radical (unpaired) electrons. The molecule has 1 aromatic carbocycles. The summed E-state index contributed by atoms with van der Waals surface area (Å²) in [6.45, 7) is 4.19. The molecule has 108 valence electrons. The third-order valence-electron chi connectivity index (χ3n) is 2.74. The number of benzene rings is 1.